The second-order valence-corrected chi connectivity index (χ2v) is 7.01. The first-order valence-corrected chi connectivity index (χ1v) is 8.55. The molecule has 0 saturated carbocycles. The molecule has 1 aliphatic heterocycles. The zero-order chi connectivity index (χ0) is 16.4. The predicted molar refractivity (Wildman–Crippen MR) is 85.8 cm³/mol. The monoisotopic (exact) mass is 332 g/mol. The van der Waals surface area contributed by atoms with E-state index < -0.39 is 10.0 Å². The molecule has 120 valence electrons. The fourth-order valence-electron chi connectivity index (χ4n) is 2.29. The highest BCUT2D eigenvalue weighted by Gasteiger charge is 2.20. The predicted octanol–water partition coefficient (Wildman–Crippen LogP) is 1.80. The topological polar surface area (TPSA) is 84.5 Å². The Hall–Kier alpha value is -2.38. The van der Waals surface area contributed by atoms with Gasteiger partial charge < -0.3 is 10.1 Å². The Labute approximate surface area is 134 Å². The summed E-state index contributed by atoms with van der Waals surface area (Å²) in [4.78, 5) is 11.4. The van der Waals surface area contributed by atoms with Gasteiger partial charge in [0.1, 0.15) is 5.75 Å². The van der Waals surface area contributed by atoms with Crippen molar-refractivity contribution in [1.82, 2.24) is 4.72 Å². The molecule has 0 unspecified atom stereocenters. The second kappa shape index (κ2) is 6.02. The maximum atomic E-state index is 12.4. The standard InChI is InChI=1S/C16H16N2O4S/c1-11-4-2-3-5-12(11)9-17-23(20,21)13-6-7-15-14(8-13)18-16(19)10-22-15/h2-8,17H,9-10H2,1H3,(H,18,19). The van der Waals surface area contributed by atoms with Crippen molar-refractivity contribution in [3.8, 4) is 5.75 Å². The van der Waals surface area contributed by atoms with Crippen LogP contribution in [0.3, 0.4) is 0 Å². The van der Waals surface area contributed by atoms with Crippen LogP contribution in [0, 0.1) is 6.92 Å². The smallest absolute Gasteiger partial charge is 0.262 e. The first-order valence-electron chi connectivity index (χ1n) is 7.06. The lowest BCUT2D eigenvalue weighted by Gasteiger charge is -2.18. The van der Waals surface area contributed by atoms with Crippen LogP contribution in [0.15, 0.2) is 47.4 Å². The van der Waals surface area contributed by atoms with Crippen molar-refractivity contribution in [2.24, 2.45) is 0 Å². The molecule has 0 radical (unpaired) electrons. The lowest BCUT2D eigenvalue weighted by Crippen LogP contribution is -2.27. The summed E-state index contributed by atoms with van der Waals surface area (Å²) in [5.41, 5.74) is 2.28. The summed E-state index contributed by atoms with van der Waals surface area (Å²) in [5.74, 6) is 0.155. The van der Waals surface area contributed by atoms with Crippen LogP contribution in [-0.4, -0.2) is 20.9 Å². The first kappa shape index (κ1) is 15.5. The van der Waals surface area contributed by atoms with E-state index in [2.05, 4.69) is 10.0 Å². The molecule has 0 aliphatic carbocycles. The Bertz CT molecular complexity index is 862. The van der Waals surface area contributed by atoms with Crippen LogP contribution in [0.1, 0.15) is 11.1 Å². The van der Waals surface area contributed by atoms with Gasteiger partial charge in [-0.25, -0.2) is 13.1 Å². The summed E-state index contributed by atoms with van der Waals surface area (Å²) in [6.07, 6.45) is 0. The van der Waals surface area contributed by atoms with Crippen molar-refractivity contribution in [2.75, 3.05) is 11.9 Å². The Balaban J connectivity index is 1.81. The van der Waals surface area contributed by atoms with E-state index >= 15 is 0 Å². The van der Waals surface area contributed by atoms with Gasteiger partial charge in [0.2, 0.25) is 10.0 Å². The maximum absolute atomic E-state index is 12.4. The molecule has 6 nitrogen and oxygen atoms in total. The van der Waals surface area contributed by atoms with Crippen LogP contribution in [-0.2, 0) is 21.4 Å². The zero-order valence-electron chi connectivity index (χ0n) is 12.5. The van der Waals surface area contributed by atoms with Gasteiger partial charge in [-0.1, -0.05) is 24.3 Å². The third kappa shape index (κ3) is 3.35. The van der Waals surface area contributed by atoms with Crippen LogP contribution >= 0.6 is 0 Å². The van der Waals surface area contributed by atoms with E-state index in [9.17, 15) is 13.2 Å². The SMILES string of the molecule is Cc1ccccc1CNS(=O)(=O)c1ccc2c(c1)NC(=O)CO2. The van der Waals surface area contributed by atoms with Crippen molar-refractivity contribution in [3.63, 3.8) is 0 Å². The Morgan fingerprint density at radius 1 is 1.22 bits per heavy atom. The Kier molecular flexibility index (Phi) is 4.06. The molecule has 1 aliphatic rings. The van der Waals surface area contributed by atoms with E-state index in [-0.39, 0.29) is 24.0 Å². The maximum Gasteiger partial charge on any atom is 0.262 e. The quantitative estimate of drug-likeness (QED) is 0.894. The molecule has 23 heavy (non-hydrogen) atoms. The molecule has 0 aromatic heterocycles. The van der Waals surface area contributed by atoms with Gasteiger partial charge in [-0.15, -0.1) is 0 Å². The summed E-state index contributed by atoms with van der Waals surface area (Å²) in [6.45, 7) is 2.06. The second-order valence-electron chi connectivity index (χ2n) is 5.25. The van der Waals surface area contributed by atoms with E-state index in [4.69, 9.17) is 4.74 Å². The van der Waals surface area contributed by atoms with E-state index in [0.717, 1.165) is 11.1 Å². The van der Waals surface area contributed by atoms with Crippen molar-refractivity contribution in [3.05, 3.63) is 53.6 Å². The molecule has 7 heteroatoms. The van der Waals surface area contributed by atoms with Crippen molar-refractivity contribution in [2.45, 2.75) is 18.4 Å². The fourth-order valence-corrected chi connectivity index (χ4v) is 3.33. The molecular weight excluding hydrogens is 316 g/mol. The highest BCUT2D eigenvalue weighted by Crippen LogP contribution is 2.30. The van der Waals surface area contributed by atoms with Crippen LogP contribution in [0.25, 0.3) is 0 Å². The number of amides is 1. The van der Waals surface area contributed by atoms with Gasteiger partial charge in [0.05, 0.1) is 10.6 Å². The number of nitrogens with one attached hydrogen (secondary N) is 2. The molecule has 1 amide bonds. The number of hydrogen-bond acceptors (Lipinski definition) is 4. The van der Waals surface area contributed by atoms with E-state index in [1.165, 1.54) is 18.2 Å². The zero-order valence-corrected chi connectivity index (χ0v) is 13.3. The fraction of sp³-hybridized carbons (Fsp3) is 0.188. The number of benzene rings is 2. The molecule has 2 aromatic carbocycles. The minimum Gasteiger partial charge on any atom is -0.482 e. The number of anilines is 1. The number of ether oxygens (including phenoxy) is 1. The molecule has 0 saturated heterocycles. The summed E-state index contributed by atoms with van der Waals surface area (Å²) in [7, 11) is -3.68. The average Bonchev–Trinajstić information content (AvgIpc) is 2.53. The number of fused-ring (bicyclic) bond motifs is 1. The van der Waals surface area contributed by atoms with Crippen LogP contribution < -0.4 is 14.8 Å². The molecule has 0 fully saturated rings. The van der Waals surface area contributed by atoms with E-state index in [0.29, 0.717) is 11.4 Å². The molecular formula is C16H16N2O4S. The Morgan fingerprint density at radius 2 is 2.00 bits per heavy atom. The number of carbonyl (C=O) groups is 1. The van der Waals surface area contributed by atoms with Gasteiger partial charge in [-0.05, 0) is 36.2 Å². The van der Waals surface area contributed by atoms with Gasteiger partial charge in [-0.3, -0.25) is 4.79 Å². The van der Waals surface area contributed by atoms with Gasteiger partial charge >= 0.3 is 0 Å². The molecule has 1 heterocycles. The van der Waals surface area contributed by atoms with E-state index in [1.54, 1.807) is 0 Å². The largest absolute Gasteiger partial charge is 0.482 e. The lowest BCUT2D eigenvalue weighted by atomic mass is 10.1. The molecule has 3 rings (SSSR count). The minimum atomic E-state index is -3.68. The molecule has 0 atom stereocenters. The normalized spacial score (nSPS) is 13.9. The lowest BCUT2D eigenvalue weighted by molar-refractivity contribution is -0.118. The van der Waals surface area contributed by atoms with Crippen LogP contribution in [0.4, 0.5) is 5.69 Å². The highest BCUT2D eigenvalue weighted by molar-refractivity contribution is 7.89. The highest BCUT2D eigenvalue weighted by atomic mass is 32.2. The van der Waals surface area contributed by atoms with Crippen LogP contribution in [0.2, 0.25) is 0 Å². The molecule has 2 aromatic rings. The first-order chi connectivity index (χ1) is 11.0. The van der Waals surface area contributed by atoms with E-state index in [1.807, 2.05) is 31.2 Å². The average molecular weight is 332 g/mol. The van der Waals surface area contributed by atoms with Gasteiger partial charge in [0.25, 0.3) is 5.91 Å². The third-order valence-corrected chi connectivity index (χ3v) is 5.01. The third-order valence-electron chi connectivity index (χ3n) is 3.61. The van der Waals surface area contributed by atoms with Crippen LogP contribution in [0.5, 0.6) is 5.75 Å². The summed E-state index contributed by atoms with van der Waals surface area (Å²) < 4.78 is 32.6. The number of hydrogen-bond donors (Lipinski definition) is 2. The molecule has 2 N–H and O–H groups in total. The number of carbonyl (C=O) groups excluding carboxylic acids is 1. The number of sulfonamides is 1. The molecule has 0 bridgehead atoms. The number of aryl methyl sites for hydroxylation is 1. The van der Waals surface area contributed by atoms with Gasteiger partial charge in [-0.2, -0.15) is 0 Å². The van der Waals surface area contributed by atoms with Crippen molar-refractivity contribution < 1.29 is 17.9 Å². The van der Waals surface area contributed by atoms with Crippen molar-refractivity contribution in [1.29, 1.82) is 0 Å². The summed E-state index contributed by atoms with van der Waals surface area (Å²) in [5, 5.41) is 2.60. The van der Waals surface area contributed by atoms with Gasteiger partial charge in [0.15, 0.2) is 6.61 Å². The Morgan fingerprint density at radius 3 is 2.78 bits per heavy atom. The number of rotatable bonds is 4. The summed E-state index contributed by atoms with van der Waals surface area (Å²) in [6, 6.07) is 12.0. The minimum absolute atomic E-state index is 0.0649. The molecule has 0 spiro atoms. The van der Waals surface area contributed by atoms with Crippen molar-refractivity contribution >= 4 is 21.6 Å². The summed E-state index contributed by atoms with van der Waals surface area (Å²) >= 11 is 0. The van der Waals surface area contributed by atoms with Gasteiger partial charge in [0, 0.05) is 6.54 Å².